The first kappa shape index (κ1) is 10.4. The number of aromatic nitrogens is 2. The van der Waals surface area contributed by atoms with Gasteiger partial charge in [0.2, 0.25) is 0 Å². The average molecular weight is 245 g/mol. The highest BCUT2D eigenvalue weighted by molar-refractivity contribution is 7.07. The molecule has 1 aliphatic rings. The molecule has 0 bridgehead atoms. The monoisotopic (exact) mass is 245 g/mol. The van der Waals surface area contributed by atoms with E-state index in [-0.39, 0.29) is 11.9 Å². The molecule has 1 aliphatic carbocycles. The fraction of sp³-hybridized carbons (Fsp3) is 0.250. The molecule has 1 aromatic carbocycles. The Labute approximate surface area is 103 Å². The number of hydrogen-bond donors (Lipinski definition) is 1. The Bertz CT molecular complexity index is 538. The third-order valence-corrected chi connectivity index (χ3v) is 3.69. The van der Waals surface area contributed by atoms with Gasteiger partial charge in [0.25, 0.3) is 5.91 Å². The minimum Gasteiger partial charge on any atom is -0.344 e. The van der Waals surface area contributed by atoms with Crippen molar-refractivity contribution in [2.75, 3.05) is 0 Å². The van der Waals surface area contributed by atoms with E-state index in [1.54, 1.807) is 0 Å². The molecule has 1 atom stereocenters. The second-order valence-corrected chi connectivity index (χ2v) is 4.83. The summed E-state index contributed by atoms with van der Waals surface area (Å²) in [6.45, 7) is 0. The maximum Gasteiger partial charge on any atom is 0.265 e. The molecule has 0 fully saturated rings. The van der Waals surface area contributed by atoms with E-state index in [1.807, 2.05) is 12.1 Å². The maximum absolute atomic E-state index is 11.9. The van der Waals surface area contributed by atoms with Crippen LogP contribution in [0.1, 0.15) is 33.3 Å². The van der Waals surface area contributed by atoms with Gasteiger partial charge in [0.1, 0.15) is 4.88 Å². The molecule has 0 saturated carbocycles. The van der Waals surface area contributed by atoms with Crippen molar-refractivity contribution in [2.45, 2.75) is 18.9 Å². The molecule has 17 heavy (non-hydrogen) atoms. The van der Waals surface area contributed by atoms with Crippen LogP contribution in [-0.2, 0) is 6.42 Å². The quantitative estimate of drug-likeness (QED) is 0.880. The summed E-state index contributed by atoms with van der Waals surface area (Å²) in [7, 11) is 0. The summed E-state index contributed by atoms with van der Waals surface area (Å²) in [5.41, 5.74) is 2.57. The molecular weight excluding hydrogens is 234 g/mol. The first-order valence-electron chi connectivity index (χ1n) is 5.50. The zero-order valence-electron chi connectivity index (χ0n) is 9.09. The van der Waals surface area contributed by atoms with Crippen LogP contribution in [-0.4, -0.2) is 15.5 Å². The maximum atomic E-state index is 11.9. The van der Waals surface area contributed by atoms with Gasteiger partial charge in [0.05, 0.1) is 12.2 Å². The van der Waals surface area contributed by atoms with Gasteiger partial charge in [-0.25, -0.2) is 0 Å². The lowest BCUT2D eigenvalue weighted by molar-refractivity contribution is 0.0940. The van der Waals surface area contributed by atoms with Gasteiger partial charge >= 0.3 is 0 Å². The third-order valence-electron chi connectivity index (χ3n) is 3.02. The standard InChI is InChI=1S/C12H11N3OS/c16-12(11-7-13-15-17-11)14-10-6-5-8-3-1-2-4-9(8)10/h1-4,7,10H,5-6H2,(H,14,16). The SMILES string of the molecule is O=C(NC1CCc2ccccc21)c1cnns1. The van der Waals surface area contributed by atoms with Gasteiger partial charge in [-0.2, -0.15) is 0 Å². The summed E-state index contributed by atoms with van der Waals surface area (Å²) >= 11 is 1.12. The molecule has 2 aromatic rings. The number of hydrogen-bond acceptors (Lipinski definition) is 4. The second-order valence-electron chi connectivity index (χ2n) is 4.05. The van der Waals surface area contributed by atoms with E-state index in [1.165, 1.54) is 17.3 Å². The van der Waals surface area contributed by atoms with E-state index < -0.39 is 0 Å². The van der Waals surface area contributed by atoms with Crippen LogP contribution in [0.15, 0.2) is 30.5 Å². The fourth-order valence-electron chi connectivity index (χ4n) is 2.20. The number of fused-ring (bicyclic) bond motifs is 1. The second kappa shape index (κ2) is 4.25. The van der Waals surface area contributed by atoms with E-state index in [0.29, 0.717) is 4.88 Å². The van der Waals surface area contributed by atoms with Crippen LogP contribution in [0.3, 0.4) is 0 Å². The van der Waals surface area contributed by atoms with Gasteiger partial charge in [0.15, 0.2) is 0 Å². The predicted octanol–water partition coefficient (Wildman–Crippen LogP) is 1.96. The highest BCUT2D eigenvalue weighted by atomic mass is 32.1. The summed E-state index contributed by atoms with van der Waals surface area (Å²) < 4.78 is 3.69. The molecule has 0 radical (unpaired) electrons. The van der Waals surface area contributed by atoms with Crippen LogP contribution in [0.5, 0.6) is 0 Å². The fourth-order valence-corrected chi connectivity index (χ4v) is 2.62. The Morgan fingerprint density at radius 1 is 1.41 bits per heavy atom. The predicted molar refractivity (Wildman–Crippen MR) is 64.9 cm³/mol. The van der Waals surface area contributed by atoms with Crippen molar-refractivity contribution < 1.29 is 4.79 Å². The molecule has 86 valence electrons. The van der Waals surface area contributed by atoms with Gasteiger partial charge in [-0.05, 0) is 35.5 Å². The number of aryl methyl sites for hydroxylation is 1. The van der Waals surface area contributed by atoms with Crippen molar-refractivity contribution in [3.63, 3.8) is 0 Å². The molecule has 4 nitrogen and oxygen atoms in total. The van der Waals surface area contributed by atoms with Gasteiger partial charge in [-0.3, -0.25) is 4.79 Å². The molecule has 1 heterocycles. The number of nitrogens with zero attached hydrogens (tertiary/aromatic N) is 2. The van der Waals surface area contributed by atoms with Gasteiger partial charge in [0, 0.05) is 0 Å². The zero-order valence-corrected chi connectivity index (χ0v) is 9.91. The van der Waals surface area contributed by atoms with Crippen molar-refractivity contribution in [1.82, 2.24) is 14.9 Å². The van der Waals surface area contributed by atoms with E-state index >= 15 is 0 Å². The molecule has 0 spiro atoms. The van der Waals surface area contributed by atoms with E-state index in [2.05, 4.69) is 27.0 Å². The number of benzene rings is 1. The lowest BCUT2D eigenvalue weighted by Gasteiger charge is -2.12. The molecule has 5 heteroatoms. The highest BCUT2D eigenvalue weighted by Crippen LogP contribution is 2.30. The molecule has 3 rings (SSSR count). The number of rotatable bonds is 2. The number of nitrogens with one attached hydrogen (secondary N) is 1. The molecule has 1 N–H and O–H groups in total. The largest absolute Gasteiger partial charge is 0.344 e. The van der Waals surface area contributed by atoms with Crippen LogP contribution in [0.25, 0.3) is 0 Å². The molecule has 0 saturated heterocycles. The highest BCUT2D eigenvalue weighted by Gasteiger charge is 2.24. The minimum absolute atomic E-state index is 0.0818. The smallest absolute Gasteiger partial charge is 0.265 e. The first-order valence-corrected chi connectivity index (χ1v) is 6.28. The molecule has 1 aromatic heterocycles. The summed E-state index contributed by atoms with van der Waals surface area (Å²) in [5.74, 6) is -0.0818. The van der Waals surface area contributed by atoms with Crippen LogP contribution in [0, 0.1) is 0 Å². The Hall–Kier alpha value is -1.75. The average Bonchev–Trinajstić information content (AvgIpc) is 2.98. The lowest BCUT2D eigenvalue weighted by Crippen LogP contribution is -2.26. The summed E-state index contributed by atoms with van der Waals surface area (Å²) in [4.78, 5) is 12.5. The summed E-state index contributed by atoms with van der Waals surface area (Å²) in [5, 5.41) is 6.70. The third kappa shape index (κ3) is 1.93. The van der Waals surface area contributed by atoms with Gasteiger partial charge in [-0.1, -0.05) is 28.8 Å². The van der Waals surface area contributed by atoms with Crippen LogP contribution in [0.4, 0.5) is 0 Å². The molecule has 0 aliphatic heterocycles. The van der Waals surface area contributed by atoms with Crippen molar-refractivity contribution in [2.24, 2.45) is 0 Å². The Morgan fingerprint density at radius 2 is 2.29 bits per heavy atom. The van der Waals surface area contributed by atoms with E-state index in [4.69, 9.17) is 0 Å². The number of amides is 1. The van der Waals surface area contributed by atoms with Gasteiger partial charge in [-0.15, -0.1) is 5.10 Å². The van der Waals surface area contributed by atoms with Crippen molar-refractivity contribution in [1.29, 1.82) is 0 Å². The van der Waals surface area contributed by atoms with Crippen molar-refractivity contribution in [3.8, 4) is 0 Å². The Kier molecular flexibility index (Phi) is 2.60. The summed E-state index contributed by atoms with van der Waals surface area (Å²) in [6, 6.07) is 8.38. The Balaban J connectivity index is 1.78. The van der Waals surface area contributed by atoms with Crippen molar-refractivity contribution in [3.05, 3.63) is 46.5 Å². The van der Waals surface area contributed by atoms with Crippen LogP contribution < -0.4 is 5.32 Å². The van der Waals surface area contributed by atoms with E-state index in [0.717, 1.165) is 24.4 Å². The van der Waals surface area contributed by atoms with Crippen LogP contribution >= 0.6 is 11.5 Å². The zero-order chi connectivity index (χ0) is 11.7. The minimum atomic E-state index is -0.0818. The van der Waals surface area contributed by atoms with Crippen molar-refractivity contribution >= 4 is 17.4 Å². The topological polar surface area (TPSA) is 54.9 Å². The first-order chi connectivity index (χ1) is 8.34. The Morgan fingerprint density at radius 3 is 3.12 bits per heavy atom. The van der Waals surface area contributed by atoms with E-state index in [9.17, 15) is 4.79 Å². The molecular formula is C12H11N3OS. The molecule has 1 amide bonds. The number of carbonyl (C=O) groups excluding carboxylic acids is 1. The molecule has 1 unspecified atom stereocenters. The lowest BCUT2D eigenvalue weighted by atomic mass is 10.1. The number of carbonyl (C=O) groups is 1. The van der Waals surface area contributed by atoms with Crippen LogP contribution in [0.2, 0.25) is 0 Å². The normalized spacial score (nSPS) is 17.8. The van der Waals surface area contributed by atoms with Gasteiger partial charge < -0.3 is 5.32 Å². The summed E-state index contributed by atoms with van der Waals surface area (Å²) in [6.07, 6.45) is 3.50.